The highest BCUT2D eigenvalue weighted by atomic mass is 32.2. The van der Waals surface area contributed by atoms with E-state index in [4.69, 9.17) is 15.7 Å². The minimum atomic E-state index is -2.88. The van der Waals surface area contributed by atoms with Crippen molar-refractivity contribution in [1.29, 1.82) is 0 Å². The number of sulfone groups is 1. The van der Waals surface area contributed by atoms with Crippen molar-refractivity contribution < 1.29 is 18.4 Å². The number of hydrogen-bond acceptors (Lipinski definition) is 6. The number of nitrogens with zero attached hydrogens (tertiary/aromatic N) is 2. The second-order valence-corrected chi connectivity index (χ2v) is 6.66. The first kappa shape index (κ1) is 12.6. The Morgan fingerprint density at radius 1 is 1.53 bits per heavy atom. The summed E-state index contributed by atoms with van der Waals surface area (Å²) in [6.45, 7) is 1.64. The van der Waals surface area contributed by atoms with Crippen molar-refractivity contribution in [2.75, 3.05) is 31.2 Å². The second kappa shape index (κ2) is 4.79. The Morgan fingerprint density at radius 2 is 2.29 bits per heavy atom. The number of oxime groups is 1. The normalized spacial score (nSPS) is 34.9. The largest absolute Gasteiger partial charge is 0.409 e. The number of hydrogen-bond donors (Lipinski definition) is 2. The molecule has 3 N–H and O–H groups in total. The van der Waals surface area contributed by atoms with Crippen molar-refractivity contribution >= 4 is 15.7 Å². The van der Waals surface area contributed by atoms with E-state index < -0.39 is 15.9 Å². The molecule has 2 saturated heterocycles. The highest BCUT2D eigenvalue weighted by Gasteiger charge is 2.35. The molecule has 8 heteroatoms. The van der Waals surface area contributed by atoms with Crippen LogP contribution in [0.3, 0.4) is 0 Å². The van der Waals surface area contributed by atoms with E-state index in [9.17, 15) is 8.42 Å². The lowest BCUT2D eigenvalue weighted by Gasteiger charge is -2.35. The fourth-order valence-electron chi connectivity index (χ4n) is 2.31. The van der Waals surface area contributed by atoms with Gasteiger partial charge in [-0.15, -0.1) is 0 Å². The maximum absolute atomic E-state index is 11.4. The molecule has 17 heavy (non-hydrogen) atoms. The van der Waals surface area contributed by atoms with Gasteiger partial charge in [-0.05, 0) is 6.42 Å². The molecule has 0 aromatic carbocycles. The van der Waals surface area contributed by atoms with Crippen LogP contribution in [0, 0.1) is 0 Å². The van der Waals surface area contributed by atoms with Crippen LogP contribution in [0.25, 0.3) is 0 Å². The second-order valence-electron chi connectivity index (χ2n) is 4.44. The van der Waals surface area contributed by atoms with Crippen molar-refractivity contribution in [3.63, 3.8) is 0 Å². The first-order chi connectivity index (χ1) is 8.02. The van der Waals surface area contributed by atoms with E-state index in [2.05, 4.69) is 10.1 Å². The highest BCUT2D eigenvalue weighted by molar-refractivity contribution is 7.91. The van der Waals surface area contributed by atoms with Crippen LogP contribution in [0.4, 0.5) is 0 Å². The van der Waals surface area contributed by atoms with Crippen molar-refractivity contribution in [1.82, 2.24) is 4.90 Å². The fourth-order valence-corrected chi connectivity index (χ4v) is 4.07. The van der Waals surface area contributed by atoms with Crippen LogP contribution in [0.5, 0.6) is 0 Å². The van der Waals surface area contributed by atoms with Crippen LogP contribution < -0.4 is 5.73 Å². The SMILES string of the molecule is N/C(=N\O)C1CN(C2CCS(=O)(=O)C2)CCO1. The van der Waals surface area contributed by atoms with E-state index in [1.807, 2.05) is 0 Å². The first-order valence-electron chi connectivity index (χ1n) is 5.55. The number of rotatable bonds is 2. The smallest absolute Gasteiger partial charge is 0.169 e. The molecule has 2 unspecified atom stereocenters. The van der Waals surface area contributed by atoms with Gasteiger partial charge in [0.1, 0.15) is 6.10 Å². The molecule has 0 saturated carbocycles. The molecule has 2 heterocycles. The minimum absolute atomic E-state index is 0.0376. The van der Waals surface area contributed by atoms with Crippen molar-refractivity contribution in [2.45, 2.75) is 18.6 Å². The zero-order chi connectivity index (χ0) is 12.5. The average Bonchev–Trinajstić information content (AvgIpc) is 2.69. The van der Waals surface area contributed by atoms with Gasteiger partial charge in [-0.2, -0.15) is 0 Å². The third kappa shape index (κ3) is 2.88. The summed E-state index contributed by atoms with van der Waals surface area (Å²) in [7, 11) is -2.88. The fraction of sp³-hybridized carbons (Fsp3) is 0.889. The molecule has 2 atom stereocenters. The molecule has 2 aliphatic rings. The van der Waals surface area contributed by atoms with E-state index in [1.54, 1.807) is 0 Å². The van der Waals surface area contributed by atoms with Gasteiger partial charge in [0.05, 0.1) is 18.1 Å². The maximum Gasteiger partial charge on any atom is 0.169 e. The number of amidine groups is 1. The summed E-state index contributed by atoms with van der Waals surface area (Å²) in [5.41, 5.74) is 5.49. The van der Waals surface area contributed by atoms with Gasteiger partial charge in [-0.3, -0.25) is 4.90 Å². The Balaban J connectivity index is 1.99. The summed E-state index contributed by atoms with van der Waals surface area (Å²) in [5, 5.41) is 11.5. The summed E-state index contributed by atoms with van der Waals surface area (Å²) in [4.78, 5) is 2.05. The molecule has 0 radical (unpaired) electrons. The summed E-state index contributed by atoms with van der Waals surface area (Å²) in [6, 6.07) is 0.0397. The Labute approximate surface area is 100 Å². The molecule has 2 aliphatic heterocycles. The summed E-state index contributed by atoms with van der Waals surface area (Å²) < 4.78 is 28.2. The molecule has 0 aliphatic carbocycles. The van der Waals surface area contributed by atoms with Crippen molar-refractivity contribution in [2.24, 2.45) is 10.9 Å². The standard InChI is InChI=1S/C9H17N3O4S/c10-9(11-13)8-5-12(2-3-16-8)7-1-4-17(14,15)6-7/h7-8,13H,1-6H2,(H2,10,11). The summed E-state index contributed by atoms with van der Waals surface area (Å²) >= 11 is 0. The van der Waals surface area contributed by atoms with Gasteiger partial charge in [-0.25, -0.2) is 8.42 Å². The van der Waals surface area contributed by atoms with Crippen LogP contribution in [0.15, 0.2) is 5.16 Å². The highest BCUT2D eigenvalue weighted by Crippen LogP contribution is 2.20. The van der Waals surface area contributed by atoms with Gasteiger partial charge >= 0.3 is 0 Å². The molecule has 7 nitrogen and oxygen atoms in total. The van der Waals surface area contributed by atoms with Crippen LogP contribution in [0.2, 0.25) is 0 Å². The average molecular weight is 263 g/mol. The van der Waals surface area contributed by atoms with E-state index in [-0.39, 0.29) is 23.4 Å². The lowest BCUT2D eigenvalue weighted by molar-refractivity contribution is -0.00894. The Bertz CT molecular complexity index is 408. The van der Waals surface area contributed by atoms with Crippen molar-refractivity contribution in [3.8, 4) is 0 Å². The number of ether oxygens (including phenoxy) is 1. The number of morpholine rings is 1. The maximum atomic E-state index is 11.4. The van der Waals surface area contributed by atoms with Crippen LogP contribution in [-0.2, 0) is 14.6 Å². The molecule has 2 rings (SSSR count). The van der Waals surface area contributed by atoms with Gasteiger partial charge in [0.2, 0.25) is 0 Å². The monoisotopic (exact) mass is 263 g/mol. The van der Waals surface area contributed by atoms with E-state index >= 15 is 0 Å². The van der Waals surface area contributed by atoms with Gasteiger partial charge in [0.25, 0.3) is 0 Å². The van der Waals surface area contributed by atoms with Crippen LogP contribution >= 0.6 is 0 Å². The molecule has 0 amide bonds. The molecule has 0 aromatic rings. The van der Waals surface area contributed by atoms with E-state index in [0.29, 0.717) is 26.1 Å². The molecule has 2 fully saturated rings. The lowest BCUT2D eigenvalue weighted by Crippen LogP contribution is -2.52. The summed E-state index contributed by atoms with van der Waals surface area (Å²) in [5.74, 6) is 0.495. The molecular formula is C9H17N3O4S. The molecule has 0 aromatic heterocycles. The van der Waals surface area contributed by atoms with Gasteiger partial charge in [0, 0.05) is 19.1 Å². The number of nitrogens with two attached hydrogens (primary N) is 1. The van der Waals surface area contributed by atoms with Gasteiger partial charge < -0.3 is 15.7 Å². The van der Waals surface area contributed by atoms with E-state index in [1.165, 1.54) is 0 Å². The van der Waals surface area contributed by atoms with E-state index in [0.717, 1.165) is 0 Å². The first-order valence-corrected chi connectivity index (χ1v) is 7.37. The zero-order valence-electron chi connectivity index (χ0n) is 9.45. The third-order valence-electron chi connectivity index (χ3n) is 3.27. The Kier molecular flexibility index (Phi) is 3.55. The zero-order valence-corrected chi connectivity index (χ0v) is 10.3. The Hall–Kier alpha value is -0.860. The molecule has 98 valence electrons. The molecular weight excluding hydrogens is 246 g/mol. The van der Waals surface area contributed by atoms with Crippen LogP contribution in [-0.4, -0.2) is 67.7 Å². The molecule has 0 spiro atoms. The Morgan fingerprint density at radius 3 is 2.88 bits per heavy atom. The predicted molar refractivity (Wildman–Crippen MR) is 61.8 cm³/mol. The third-order valence-corrected chi connectivity index (χ3v) is 5.02. The summed E-state index contributed by atoms with van der Waals surface area (Å²) in [6.07, 6.45) is 0.211. The topological polar surface area (TPSA) is 105 Å². The van der Waals surface area contributed by atoms with Crippen LogP contribution in [0.1, 0.15) is 6.42 Å². The quantitative estimate of drug-likeness (QED) is 0.275. The van der Waals surface area contributed by atoms with Crippen molar-refractivity contribution in [3.05, 3.63) is 0 Å². The lowest BCUT2D eigenvalue weighted by atomic mass is 10.1. The van der Waals surface area contributed by atoms with Gasteiger partial charge in [0.15, 0.2) is 15.7 Å². The predicted octanol–water partition coefficient (Wildman–Crippen LogP) is -1.38. The minimum Gasteiger partial charge on any atom is -0.409 e. The molecule has 0 bridgehead atoms. The van der Waals surface area contributed by atoms with Gasteiger partial charge in [-0.1, -0.05) is 5.16 Å².